The van der Waals surface area contributed by atoms with Crippen molar-refractivity contribution in [3.05, 3.63) is 0 Å². The third kappa shape index (κ3) is 17.7. The first kappa shape index (κ1) is 27.1. The quantitative estimate of drug-likeness (QED) is 0.358. The molecule has 0 atom stereocenters. The Hall–Kier alpha value is -1.10. The molecule has 156 valence electrons. The minimum absolute atomic E-state index is 0.0632. The monoisotopic (exact) mass is 374 g/mol. The Labute approximate surface area is 161 Å². The average molecular weight is 375 g/mol. The standard InChI is InChI=1S/C16H36N.C5H8O4/c1-5-9-13-17(14-10-6-2,15-11-7-3)16-12-8-4;6-4(7)2-1-3-5(8)9/h5-16H2,1-4H3;1-3H2,(H,6,7)(H,8,9)/q+1;. The van der Waals surface area contributed by atoms with Gasteiger partial charge in [-0.3, -0.25) is 9.59 Å². The van der Waals surface area contributed by atoms with Crippen LogP contribution in [0.4, 0.5) is 0 Å². The predicted octanol–water partition coefficient (Wildman–Crippen LogP) is 5.33. The molecule has 0 spiro atoms. The molecule has 0 aliphatic heterocycles. The summed E-state index contributed by atoms with van der Waals surface area (Å²) in [7, 11) is 0. The van der Waals surface area contributed by atoms with Crippen molar-refractivity contribution in [3.63, 3.8) is 0 Å². The topological polar surface area (TPSA) is 74.6 Å². The number of quaternary nitrogens is 1. The number of carbonyl (C=O) groups is 2. The molecule has 0 saturated carbocycles. The lowest BCUT2D eigenvalue weighted by molar-refractivity contribution is -0.929. The summed E-state index contributed by atoms with van der Waals surface area (Å²) in [6.45, 7) is 15.0. The van der Waals surface area contributed by atoms with Gasteiger partial charge in [-0.05, 0) is 32.1 Å². The van der Waals surface area contributed by atoms with E-state index < -0.39 is 11.9 Å². The van der Waals surface area contributed by atoms with E-state index in [0.29, 0.717) is 0 Å². The van der Waals surface area contributed by atoms with Gasteiger partial charge in [0, 0.05) is 12.8 Å². The van der Waals surface area contributed by atoms with Gasteiger partial charge in [0.2, 0.25) is 0 Å². The molecule has 0 bridgehead atoms. The first-order valence-corrected chi connectivity index (χ1v) is 10.7. The van der Waals surface area contributed by atoms with Crippen LogP contribution in [0.3, 0.4) is 0 Å². The summed E-state index contributed by atoms with van der Waals surface area (Å²) in [5, 5.41) is 16.1. The number of carboxylic acids is 2. The molecule has 0 unspecified atom stereocenters. The molecule has 26 heavy (non-hydrogen) atoms. The van der Waals surface area contributed by atoms with Crippen LogP contribution in [0.15, 0.2) is 0 Å². The summed E-state index contributed by atoms with van der Waals surface area (Å²) in [6, 6.07) is 0. The van der Waals surface area contributed by atoms with Crippen LogP contribution >= 0.6 is 0 Å². The number of hydrogen-bond acceptors (Lipinski definition) is 2. The number of unbranched alkanes of at least 4 members (excludes halogenated alkanes) is 4. The number of aliphatic carboxylic acids is 2. The van der Waals surface area contributed by atoms with Crippen molar-refractivity contribution >= 4 is 11.9 Å². The molecule has 5 heteroatoms. The number of nitrogens with zero attached hydrogens (tertiary/aromatic N) is 1. The maximum atomic E-state index is 9.79. The van der Waals surface area contributed by atoms with E-state index in [4.69, 9.17) is 10.2 Å². The molecule has 0 aliphatic carbocycles. The molecule has 2 N–H and O–H groups in total. The second kappa shape index (κ2) is 18.7. The van der Waals surface area contributed by atoms with Gasteiger partial charge < -0.3 is 14.7 Å². The highest BCUT2D eigenvalue weighted by atomic mass is 16.4. The van der Waals surface area contributed by atoms with Gasteiger partial charge in [-0.1, -0.05) is 53.4 Å². The minimum atomic E-state index is -0.948. The van der Waals surface area contributed by atoms with E-state index in [1.54, 1.807) is 0 Å². The molecule has 0 heterocycles. The fourth-order valence-corrected chi connectivity index (χ4v) is 3.04. The Morgan fingerprint density at radius 2 is 0.846 bits per heavy atom. The van der Waals surface area contributed by atoms with Gasteiger partial charge >= 0.3 is 11.9 Å². The fourth-order valence-electron chi connectivity index (χ4n) is 3.04. The van der Waals surface area contributed by atoms with Crippen LogP contribution in [0.1, 0.15) is 98.3 Å². The Balaban J connectivity index is 0. The van der Waals surface area contributed by atoms with Crippen LogP contribution in [-0.2, 0) is 9.59 Å². The van der Waals surface area contributed by atoms with E-state index in [1.165, 1.54) is 82.0 Å². The molecule has 5 nitrogen and oxygen atoms in total. The molecule has 0 saturated heterocycles. The van der Waals surface area contributed by atoms with E-state index >= 15 is 0 Å². The maximum Gasteiger partial charge on any atom is 0.303 e. The summed E-state index contributed by atoms with van der Waals surface area (Å²) >= 11 is 0. The third-order valence-corrected chi connectivity index (χ3v) is 4.73. The predicted molar refractivity (Wildman–Crippen MR) is 108 cm³/mol. The smallest absolute Gasteiger partial charge is 0.303 e. The van der Waals surface area contributed by atoms with Crippen molar-refractivity contribution in [3.8, 4) is 0 Å². The lowest BCUT2D eigenvalue weighted by Crippen LogP contribution is -2.50. The molecule has 0 radical (unpaired) electrons. The first-order chi connectivity index (χ1) is 12.4. The molecular formula is C21H44NO4+. The zero-order valence-corrected chi connectivity index (χ0v) is 17.8. The van der Waals surface area contributed by atoms with Crippen molar-refractivity contribution < 1.29 is 24.3 Å². The van der Waals surface area contributed by atoms with Gasteiger partial charge in [0.15, 0.2) is 0 Å². The summed E-state index contributed by atoms with van der Waals surface area (Å²) in [6.07, 6.45) is 11.1. The zero-order valence-electron chi connectivity index (χ0n) is 17.8. The molecule has 0 fully saturated rings. The van der Waals surface area contributed by atoms with Crippen LogP contribution in [-0.4, -0.2) is 52.8 Å². The summed E-state index contributed by atoms with van der Waals surface area (Å²) in [5.74, 6) is -1.90. The van der Waals surface area contributed by atoms with Gasteiger partial charge in [0.05, 0.1) is 26.2 Å². The normalized spacial score (nSPS) is 10.9. The van der Waals surface area contributed by atoms with Gasteiger partial charge in [-0.15, -0.1) is 0 Å². The van der Waals surface area contributed by atoms with Crippen molar-refractivity contribution in [2.24, 2.45) is 0 Å². The maximum absolute atomic E-state index is 9.79. The molecule has 0 aromatic heterocycles. The lowest BCUT2D eigenvalue weighted by atomic mass is 10.1. The zero-order chi connectivity index (χ0) is 20.3. The van der Waals surface area contributed by atoms with E-state index in [0.717, 1.165) is 0 Å². The third-order valence-electron chi connectivity index (χ3n) is 4.73. The van der Waals surface area contributed by atoms with Crippen LogP contribution in [0.25, 0.3) is 0 Å². The van der Waals surface area contributed by atoms with Crippen LogP contribution in [0.2, 0.25) is 0 Å². The number of rotatable bonds is 16. The highest BCUT2D eigenvalue weighted by Crippen LogP contribution is 2.16. The average Bonchev–Trinajstić information content (AvgIpc) is 2.60. The Morgan fingerprint density at radius 3 is 1.04 bits per heavy atom. The van der Waals surface area contributed by atoms with Gasteiger partial charge in [0.1, 0.15) is 0 Å². The summed E-state index contributed by atoms with van der Waals surface area (Å²) in [4.78, 5) is 19.6. The van der Waals surface area contributed by atoms with Crippen molar-refractivity contribution in [1.29, 1.82) is 0 Å². The van der Waals surface area contributed by atoms with E-state index in [2.05, 4.69) is 27.7 Å². The van der Waals surface area contributed by atoms with Crippen LogP contribution in [0.5, 0.6) is 0 Å². The second-order valence-corrected chi connectivity index (χ2v) is 7.29. The van der Waals surface area contributed by atoms with E-state index in [1.807, 2.05) is 0 Å². The van der Waals surface area contributed by atoms with Crippen molar-refractivity contribution in [1.82, 2.24) is 0 Å². The SMILES string of the molecule is CCCC[N+](CCCC)(CCCC)CCCC.O=C(O)CCCC(=O)O. The molecule has 0 amide bonds. The molecule has 0 aromatic rings. The largest absolute Gasteiger partial charge is 0.481 e. The molecule has 0 rings (SSSR count). The van der Waals surface area contributed by atoms with Gasteiger partial charge in [0.25, 0.3) is 0 Å². The van der Waals surface area contributed by atoms with Gasteiger partial charge in [-0.2, -0.15) is 0 Å². The number of carboxylic acid groups (broad SMARTS) is 2. The summed E-state index contributed by atoms with van der Waals surface area (Å²) < 4.78 is 1.42. The first-order valence-electron chi connectivity index (χ1n) is 10.7. The Bertz CT molecular complexity index is 293. The fraction of sp³-hybridized carbons (Fsp3) is 0.905. The van der Waals surface area contributed by atoms with Crippen molar-refractivity contribution in [2.45, 2.75) is 98.3 Å². The molecule has 0 aliphatic rings. The number of hydrogen-bond donors (Lipinski definition) is 2. The lowest BCUT2D eigenvalue weighted by Gasteiger charge is -2.39. The van der Waals surface area contributed by atoms with Crippen LogP contribution in [0, 0.1) is 0 Å². The van der Waals surface area contributed by atoms with Crippen molar-refractivity contribution in [2.75, 3.05) is 26.2 Å². The van der Waals surface area contributed by atoms with E-state index in [-0.39, 0.29) is 19.3 Å². The molecular weight excluding hydrogens is 330 g/mol. The van der Waals surface area contributed by atoms with E-state index in [9.17, 15) is 9.59 Å². The Kier molecular flexibility index (Phi) is 19.5. The second-order valence-electron chi connectivity index (χ2n) is 7.29. The highest BCUT2D eigenvalue weighted by molar-refractivity contribution is 5.69. The Morgan fingerprint density at radius 1 is 0.577 bits per heavy atom. The minimum Gasteiger partial charge on any atom is -0.481 e. The molecule has 0 aromatic carbocycles. The summed E-state index contributed by atoms with van der Waals surface area (Å²) in [5.41, 5.74) is 0. The van der Waals surface area contributed by atoms with Gasteiger partial charge in [-0.25, -0.2) is 0 Å². The van der Waals surface area contributed by atoms with Crippen LogP contribution < -0.4 is 0 Å². The highest BCUT2D eigenvalue weighted by Gasteiger charge is 2.24.